The van der Waals surface area contributed by atoms with Crippen LogP contribution in [0.1, 0.15) is 11.1 Å². The van der Waals surface area contributed by atoms with Gasteiger partial charge in [-0.25, -0.2) is 0 Å². The van der Waals surface area contributed by atoms with Crippen LogP contribution in [0.4, 0.5) is 0 Å². The van der Waals surface area contributed by atoms with Gasteiger partial charge in [-0.15, -0.1) is 10.2 Å². The molecule has 0 saturated heterocycles. The van der Waals surface area contributed by atoms with Gasteiger partial charge in [0.05, 0.1) is 0 Å². The van der Waals surface area contributed by atoms with Crippen molar-refractivity contribution in [3.63, 3.8) is 0 Å². The molecule has 0 aliphatic rings. The Morgan fingerprint density at radius 3 is 2.76 bits per heavy atom. The van der Waals surface area contributed by atoms with Crippen molar-refractivity contribution in [3.05, 3.63) is 64.1 Å². The Balaban J connectivity index is 1.72. The van der Waals surface area contributed by atoms with Crippen LogP contribution in [0.25, 0.3) is 11.5 Å². The first kappa shape index (κ1) is 14.4. The third-order valence-corrected chi connectivity index (χ3v) is 4.42. The molecule has 5 heteroatoms. The van der Waals surface area contributed by atoms with Crippen molar-refractivity contribution >= 4 is 27.7 Å². The summed E-state index contributed by atoms with van der Waals surface area (Å²) >= 11 is 5.01. The van der Waals surface area contributed by atoms with Crippen molar-refractivity contribution in [2.24, 2.45) is 0 Å². The van der Waals surface area contributed by atoms with Gasteiger partial charge >= 0.3 is 0 Å². The van der Waals surface area contributed by atoms with Gasteiger partial charge in [0, 0.05) is 15.8 Å². The summed E-state index contributed by atoms with van der Waals surface area (Å²) in [5, 5.41) is 8.83. The summed E-state index contributed by atoms with van der Waals surface area (Å²) in [6, 6.07) is 16.2. The average molecular weight is 361 g/mol. The van der Waals surface area contributed by atoms with E-state index in [1.165, 1.54) is 5.56 Å². The number of thioether (sulfide) groups is 1. The molecular weight excluding hydrogens is 348 g/mol. The summed E-state index contributed by atoms with van der Waals surface area (Å²) in [5.41, 5.74) is 3.33. The summed E-state index contributed by atoms with van der Waals surface area (Å²) in [4.78, 5) is 0. The Morgan fingerprint density at radius 2 is 1.95 bits per heavy atom. The Labute approximate surface area is 135 Å². The van der Waals surface area contributed by atoms with Crippen LogP contribution >= 0.6 is 27.7 Å². The summed E-state index contributed by atoms with van der Waals surface area (Å²) in [6.45, 7) is 2.04. The van der Waals surface area contributed by atoms with Crippen LogP contribution < -0.4 is 0 Å². The minimum atomic E-state index is 0.574. The van der Waals surface area contributed by atoms with Crippen LogP contribution in [0.3, 0.4) is 0 Å². The number of nitrogens with zero attached hydrogens (tertiary/aromatic N) is 2. The van der Waals surface area contributed by atoms with Gasteiger partial charge in [0.1, 0.15) is 0 Å². The fourth-order valence-corrected chi connectivity index (χ4v) is 3.11. The lowest BCUT2D eigenvalue weighted by Gasteiger charge is -2.00. The maximum atomic E-state index is 5.73. The monoisotopic (exact) mass is 360 g/mol. The average Bonchev–Trinajstić information content (AvgIpc) is 2.94. The van der Waals surface area contributed by atoms with E-state index in [1.54, 1.807) is 11.8 Å². The lowest BCUT2D eigenvalue weighted by molar-refractivity contribution is 0.465. The minimum Gasteiger partial charge on any atom is -0.411 e. The largest absolute Gasteiger partial charge is 0.411 e. The number of hydrogen-bond acceptors (Lipinski definition) is 4. The summed E-state index contributed by atoms with van der Waals surface area (Å²) in [5.74, 6) is 1.37. The molecule has 2 aromatic carbocycles. The highest BCUT2D eigenvalue weighted by Crippen LogP contribution is 2.27. The maximum Gasteiger partial charge on any atom is 0.277 e. The molecule has 0 bridgehead atoms. The van der Waals surface area contributed by atoms with E-state index in [0.717, 1.165) is 21.4 Å². The minimum absolute atomic E-state index is 0.574. The van der Waals surface area contributed by atoms with E-state index >= 15 is 0 Å². The first-order valence-electron chi connectivity index (χ1n) is 6.49. The number of aromatic nitrogens is 2. The molecule has 21 heavy (non-hydrogen) atoms. The molecule has 3 aromatic rings. The first-order chi connectivity index (χ1) is 10.2. The molecule has 0 N–H and O–H groups in total. The summed E-state index contributed by atoms with van der Waals surface area (Å²) < 4.78 is 6.81. The van der Waals surface area contributed by atoms with E-state index in [0.29, 0.717) is 11.1 Å². The fourth-order valence-electron chi connectivity index (χ4n) is 1.96. The molecule has 0 atom stereocenters. The van der Waals surface area contributed by atoms with E-state index in [1.807, 2.05) is 43.3 Å². The molecule has 0 unspecified atom stereocenters. The predicted octanol–water partition coefficient (Wildman–Crippen LogP) is 5.10. The van der Waals surface area contributed by atoms with E-state index in [9.17, 15) is 0 Å². The first-order valence-corrected chi connectivity index (χ1v) is 8.27. The smallest absolute Gasteiger partial charge is 0.277 e. The molecule has 0 fully saturated rings. The lowest BCUT2D eigenvalue weighted by Crippen LogP contribution is -1.81. The second kappa shape index (κ2) is 6.45. The van der Waals surface area contributed by atoms with Crippen LogP contribution in [-0.2, 0) is 5.75 Å². The molecular formula is C16H13BrN2OS. The number of hydrogen-bond donors (Lipinski definition) is 0. The van der Waals surface area contributed by atoms with Gasteiger partial charge in [0.15, 0.2) is 0 Å². The van der Waals surface area contributed by atoms with Crippen LogP contribution in [0, 0.1) is 6.92 Å². The van der Waals surface area contributed by atoms with E-state index in [2.05, 4.69) is 38.3 Å². The second-order valence-corrected chi connectivity index (χ2v) is 6.45. The SMILES string of the molecule is Cc1ccccc1-c1nnc(SCc2cccc(Br)c2)o1. The van der Waals surface area contributed by atoms with Crippen molar-refractivity contribution in [1.29, 1.82) is 0 Å². The van der Waals surface area contributed by atoms with Crippen molar-refractivity contribution in [2.45, 2.75) is 17.9 Å². The quantitative estimate of drug-likeness (QED) is 0.606. The maximum absolute atomic E-state index is 5.73. The number of aryl methyl sites for hydroxylation is 1. The molecule has 0 amide bonds. The van der Waals surface area contributed by atoms with E-state index in [-0.39, 0.29) is 0 Å². The zero-order chi connectivity index (χ0) is 14.7. The van der Waals surface area contributed by atoms with Gasteiger partial charge < -0.3 is 4.42 Å². The number of rotatable bonds is 4. The molecule has 3 nitrogen and oxygen atoms in total. The van der Waals surface area contributed by atoms with Crippen LogP contribution in [-0.4, -0.2) is 10.2 Å². The van der Waals surface area contributed by atoms with E-state index in [4.69, 9.17) is 4.42 Å². The summed E-state index contributed by atoms with van der Waals surface area (Å²) in [7, 11) is 0. The highest BCUT2D eigenvalue weighted by molar-refractivity contribution is 9.10. The lowest BCUT2D eigenvalue weighted by atomic mass is 10.1. The Morgan fingerprint density at radius 1 is 1.10 bits per heavy atom. The highest BCUT2D eigenvalue weighted by atomic mass is 79.9. The standard InChI is InChI=1S/C16H13BrN2OS/c1-11-5-2-3-8-14(11)15-18-19-16(20-15)21-10-12-6-4-7-13(17)9-12/h2-9H,10H2,1H3. The highest BCUT2D eigenvalue weighted by Gasteiger charge is 2.10. The zero-order valence-corrected chi connectivity index (χ0v) is 13.8. The van der Waals surface area contributed by atoms with Crippen molar-refractivity contribution in [3.8, 4) is 11.5 Å². The second-order valence-electron chi connectivity index (χ2n) is 4.61. The van der Waals surface area contributed by atoms with Crippen LogP contribution in [0.15, 0.2) is 62.6 Å². The van der Waals surface area contributed by atoms with E-state index < -0.39 is 0 Å². The molecule has 0 aliphatic heterocycles. The third kappa shape index (κ3) is 3.54. The fraction of sp³-hybridized carbons (Fsp3) is 0.125. The van der Waals surface area contributed by atoms with Crippen molar-refractivity contribution < 1.29 is 4.42 Å². The van der Waals surface area contributed by atoms with Crippen molar-refractivity contribution in [2.75, 3.05) is 0 Å². The molecule has 1 heterocycles. The predicted molar refractivity (Wildman–Crippen MR) is 88.2 cm³/mol. The van der Waals surface area contributed by atoms with Crippen molar-refractivity contribution in [1.82, 2.24) is 10.2 Å². The number of benzene rings is 2. The van der Waals surface area contributed by atoms with Gasteiger partial charge in [-0.05, 0) is 36.2 Å². The Kier molecular flexibility index (Phi) is 4.41. The van der Waals surface area contributed by atoms with Gasteiger partial charge in [-0.1, -0.05) is 58.0 Å². The Hall–Kier alpha value is -1.59. The van der Waals surface area contributed by atoms with Crippen LogP contribution in [0.2, 0.25) is 0 Å². The molecule has 0 spiro atoms. The van der Waals surface area contributed by atoms with Crippen LogP contribution in [0.5, 0.6) is 0 Å². The normalized spacial score (nSPS) is 10.8. The topological polar surface area (TPSA) is 38.9 Å². The molecule has 106 valence electrons. The molecule has 0 aliphatic carbocycles. The molecule has 0 radical (unpaired) electrons. The zero-order valence-electron chi connectivity index (χ0n) is 11.4. The van der Waals surface area contributed by atoms with Gasteiger partial charge in [0.25, 0.3) is 5.22 Å². The number of halogens is 1. The third-order valence-electron chi connectivity index (χ3n) is 3.03. The molecule has 0 saturated carbocycles. The van der Waals surface area contributed by atoms with Gasteiger partial charge in [0.2, 0.25) is 5.89 Å². The van der Waals surface area contributed by atoms with Gasteiger partial charge in [-0.2, -0.15) is 0 Å². The molecule has 1 aromatic heterocycles. The molecule has 3 rings (SSSR count). The Bertz CT molecular complexity index is 757. The summed E-state index contributed by atoms with van der Waals surface area (Å²) in [6.07, 6.45) is 0. The van der Waals surface area contributed by atoms with Gasteiger partial charge in [-0.3, -0.25) is 0 Å².